The summed E-state index contributed by atoms with van der Waals surface area (Å²) in [6, 6.07) is 17.7. The molecule has 4 rings (SSSR count). The van der Waals surface area contributed by atoms with E-state index >= 15 is 0 Å². The molecule has 2 saturated heterocycles. The molecule has 3 N–H and O–H groups in total. The van der Waals surface area contributed by atoms with E-state index in [1.54, 1.807) is 17.0 Å². The van der Waals surface area contributed by atoms with Gasteiger partial charge in [-0.2, -0.15) is 0 Å². The fourth-order valence-electron chi connectivity index (χ4n) is 3.91. The van der Waals surface area contributed by atoms with E-state index in [1.807, 2.05) is 18.2 Å². The predicted molar refractivity (Wildman–Crippen MR) is 113 cm³/mol. The number of hydrogen-bond donors (Lipinski definition) is 2. The topological polar surface area (TPSA) is 85.9 Å². The summed E-state index contributed by atoms with van der Waals surface area (Å²) < 4.78 is 5.60. The summed E-state index contributed by atoms with van der Waals surface area (Å²) in [6.45, 7) is 6.28. The quantitative estimate of drug-likeness (QED) is 0.580. The van der Waals surface area contributed by atoms with Crippen LogP contribution in [0.3, 0.4) is 0 Å². The second-order valence-electron chi connectivity index (χ2n) is 7.64. The Labute approximate surface area is 171 Å². The summed E-state index contributed by atoms with van der Waals surface area (Å²) in [5.74, 6) is 0.0184. The van der Waals surface area contributed by atoms with Gasteiger partial charge in [0.1, 0.15) is 11.9 Å². The van der Waals surface area contributed by atoms with E-state index in [0.717, 1.165) is 45.0 Å². The summed E-state index contributed by atoms with van der Waals surface area (Å²) in [7, 11) is 0. The fraction of sp³-hybridized carbons (Fsp3) is 0.364. The molecule has 0 saturated carbocycles. The number of nitrogens with two attached hydrogens (primary N) is 1. The molecule has 0 aromatic heterocycles. The van der Waals surface area contributed by atoms with Gasteiger partial charge < -0.3 is 10.5 Å². The van der Waals surface area contributed by atoms with Gasteiger partial charge in [-0.15, -0.1) is 0 Å². The number of nitrogen functional groups attached to an aromatic ring is 1. The van der Waals surface area contributed by atoms with Crippen LogP contribution in [-0.4, -0.2) is 67.1 Å². The van der Waals surface area contributed by atoms with Crippen molar-refractivity contribution in [3.05, 3.63) is 65.7 Å². The Balaban J connectivity index is 1.27. The normalized spacial score (nSPS) is 20.6. The Morgan fingerprint density at radius 3 is 2.31 bits per heavy atom. The molecule has 2 fully saturated rings. The highest BCUT2D eigenvalue weighted by atomic mass is 16.6. The molecule has 0 radical (unpaired) electrons. The van der Waals surface area contributed by atoms with Crippen molar-refractivity contribution in [2.24, 2.45) is 5.73 Å². The molecule has 2 aliphatic rings. The molecule has 2 aromatic rings. The Morgan fingerprint density at radius 2 is 1.66 bits per heavy atom. The number of nitrogens with one attached hydrogen (secondary N) is 1. The number of cyclic esters (lactones) is 1. The van der Waals surface area contributed by atoms with Crippen molar-refractivity contribution < 1.29 is 9.53 Å². The first-order valence-electron chi connectivity index (χ1n) is 10.00. The molecule has 0 aliphatic carbocycles. The predicted octanol–water partition coefficient (Wildman–Crippen LogP) is 2.11. The third-order valence-corrected chi connectivity index (χ3v) is 5.54. The third kappa shape index (κ3) is 4.75. The number of ether oxygens (including phenoxy) is 1. The van der Waals surface area contributed by atoms with Gasteiger partial charge in [0, 0.05) is 50.5 Å². The van der Waals surface area contributed by atoms with Crippen molar-refractivity contribution >= 4 is 17.6 Å². The SMILES string of the molecule is N=C(N)c1ccc(N2CC(CN3CCN(Cc4ccccc4)CC3)OC2=O)cc1. The summed E-state index contributed by atoms with van der Waals surface area (Å²) in [5.41, 5.74) is 8.26. The zero-order valence-electron chi connectivity index (χ0n) is 16.5. The molecule has 7 nitrogen and oxygen atoms in total. The van der Waals surface area contributed by atoms with E-state index < -0.39 is 0 Å². The van der Waals surface area contributed by atoms with Crippen molar-refractivity contribution in [3.63, 3.8) is 0 Å². The molecule has 1 atom stereocenters. The Kier molecular flexibility index (Phi) is 5.78. The standard InChI is InChI=1S/C22H27N5O2/c23-21(24)18-6-8-19(9-7-18)27-16-20(29-22(27)28)15-26-12-10-25(11-13-26)14-17-4-2-1-3-5-17/h1-9,20H,10-16H2,(H3,23,24). The number of benzene rings is 2. The lowest BCUT2D eigenvalue weighted by atomic mass is 10.1. The van der Waals surface area contributed by atoms with Gasteiger partial charge in [0.25, 0.3) is 0 Å². The van der Waals surface area contributed by atoms with Crippen LogP contribution in [0.5, 0.6) is 0 Å². The Morgan fingerprint density at radius 1 is 1.00 bits per heavy atom. The molecule has 152 valence electrons. The van der Waals surface area contributed by atoms with Crippen LogP contribution in [0.1, 0.15) is 11.1 Å². The van der Waals surface area contributed by atoms with Crippen molar-refractivity contribution in [3.8, 4) is 0 Å². The van der Waals surface area contributed by atoms with Crippen LogP contribution in [0, 0.1) is 5.41 Å². The average molecular weight is 393 g/mol. The van der Waals surface area contributed by atoms with Crippen molar-refractivity contribution in [2.45, 2.75) is 12.6 Å². The molecule has 2 heterocycles. The summed E-state index contributed by atoms with van der Waals surface area (Å²) in [5, 5.41) is 7.47. The van der Waals surface area contributed by atoms with Gasteiger partial charge in [0.15, 0.2) is 0 Å². The number of amidine groups is 1. The van der Waals surface area contributed by atoms with E-state index in [4.69, 9.17) is 15.9 Å². The van der Waals surface area contributed by atoms with Crippen LogP contribution in [0.25, 0.3) is 0 Å². The monoisotopic (exact) mass is 393 g/mol. The second kappa shape index (κ2) is 8.63. The molecule has 1 unspecified atom stereocenters. The zero-order chi connectivity index (χ0) is 20.2. The zero-order valence-corrected chi connectivity index (χ0v) is 16.5. The number of piperazine rings is 1. The maximum Gasteiger partial charge on any atom is 0.414 e. The van der Waals surface area contributed by atoms with Gasteiger partial charge in [-0.25, -0.2) is 4.79 Å². The fourth-order valence-corrected chi connectivity index (χ4v) is 3.91. The number of amides is 1. The number of carbonyl (C=O) groups excluding carboxylic acids is 1. The Hall–Kier alpha value is -2.90. The molecule has 2 aromatic carbocycles. The first kappa shape index (κ1) is 19.4. The molecular weight excluding hydrogens is 366 g/mol. The third-order valence-electron chi connectivity index (χ3n) is 5.54. The number of anilines is 1. The molecule has 2 aliphatic heterocycles. The van der Waals surface area contributed by atoms with E-state index in [2.05, 4.69) is 34.1 Å². The highest BCUT2D eigenvalue weighted by Crippen LogP contribution is 2.23. The number of rotatable bonds is 6. The van der Waals surface area contributed by atoms with Crippen LogP contribution < -0.4 is 10.6 Å². The summed E-state index contributed by atoms with van der Waals surface area (Å²) >= 11 is 0. The van der Waals surface area contributed by atoms with Crippen LogP contribution >= 0.6 is 0 Å². The molecule has 0 bridgehead atoms. The summed E-state index contributed by atoms with van der Waals surface area (Å²) in [4.78, 5) is 18.8. The second-order valence-corrected chi connectivity index (χ2v) is 7.64. The maximum atomic E-state index is 12.3. The van der Waals surface area contributed by atoms with E-state index in [9.17, 15) is 4.79 Å². The van der Waals surface area contributed by atoms with E-state index in [1.165, 1.54) is 5.56 Å². The minimum Gasteiger partial charge on any atom is -0.443 e. The van der Waals surface area contributed by atoms with Crippen molar-refractivity contribution in [1.82, 2.24) is 9.80 Å². The molecule has 29 heavy (non-hydrogen) atoms. The van der Waals surface area contributed by atoms with Gasteiger partial charge >= 0.3 is 6.09 Å². The lowest BCUT2D eigenvalue weighted by Crippen LogP contribution is -2.48. The number of hydrogen-bond acceptors (Lipinski definition) is 5. The highest BCUT2D eigenvalue weighted by Gasteiger charge is 2.34. The maximum absolute atomic E-state index is 12.3. The van der Waals surface area contributed by atoms with Crippen molar-refractivity contribution in [1.29, 1.82) is 5.41 Å². The van der Waals surface area contributed by atoms with Crippen molar-refractivity contribution in [2.75, 3.05) is 44.2 Å². The lowest BCUT2D eigenvalue weighted by molar-refractivity contribution is 0.0747. The molecule has 0 spiro atoms. The average Bonchev–Trinajstić information content (AvgIpc) is 3.10. The first-order chi connectivity index (χ1) is 14.1. The number of carbonyl (C=O) groups is 1. The molecular formula is C22H27N5O2. The van der Waals surface area contributed by atoms with E-state index in [0.29, 0.717) is 12.1 Å². The van der Waals surface area contributed by atoms with Gasteiger partial charge in [0.2, 0.25) is 0 Å². The van der Waals surface area contributed by atoms with E-state index in [-0.39, 0.29) is 18.0 Å². The number of nitrogens with zero attached hydrogens (tertiary/aromatic N) is 3. The van der Waals surface area contributed by atoms with Crippen LogP contribution in [-0.2, 0) is 11.3 Å². The largest absolute Gasteiger partial charge is 0.443 e. The Bertz CT molecular complexity index is 847. The smallest absolute Gasteiger partial charge is 0.414 e. The van der Waals surface area contributed by atoms with Gasteiger partial charge in [0.05, 0.1) is 6.54 Å². The minimum absolute atomic E-state index is 0.0184. The lowest BCUT2D eigenvalue weighted by Gasteiger charge is -2.35. The van der Waals surface area contributed by atoms with Crippen LogP contribution in [0.2, 0.25) is 0 Å². The minimum atomic E-state index is -0.312. The van der Waals surface area contributed by atoms with Gasteiger partial charge in [-0.1, -0.05) is 30.3 Å². The summed E-state index contributed by atoms with van der Waals surface area (Å²) in [6.07, 6.45) is -0.441. The van der Waals surface area contributed by atoms with Crippen LogP contribution in [0.4, 0.5) is 10.5 Å². The molecule has 7 heteroatoms. The van der Waals surface area contributed by atoms with Crippen LogP contribution in [0.15, 0.2) is 54.6 Å². The van der Waals surface area contributed by atoms with Gasteiger partial charge in [-0.3, -0.25) is 20.1 Å². The molecule has 1 amide bonds. The first-order valence-corrected chi connectivity index (χ1v) is 10.00. The highest BCUT2D eigenvalue weighted by molar-refractivity contribution is 5.96. The van der Waals surface area contributed by atoms with Gasteiger partial charge in [-0.05, 0) is 29.8 Å².